The van der Waals surface area contributed by atoms with Crippen LogP contribution in [0.15, 0.2) is 66.7 Å². The molecule has 6 heteroatoms. The molecular weight excluding hydrogens is 404 g/mol. The number of nitrogens with one attached hydrogen (secondary N) is 1. The summed E-state index contributed by atoms with van der Waals surface area (Å²) in [6, 6.07) is 15.8. The molecule has 6 rings (SSSR count). The quantitative estimate of drug-likeness (QED) is 0.556. The van der Waals surface area contributed by atoms with Crippen LogP contribution in [0.25, 0.3) is 0 Å². The first-order valence-electron chi connectivity index (χ1n) is 11.1. The van der Waals surface area contributed by atoms with Gasteiger partial charge >= 0.3 is 0 Å². The first-order chi connectivity index (χ1) is 15.6. The molecule has 1 heterocycles. The molecule has 0 unspecified atom stereocenters. The van der Waals surface area contributed by atoms with E-state index < -0.39 is 6.04 Å². The Morgan fingerprint density at radius 1 is 0.969 bits per heavy atom. The molecule has 3 amide bonds. The number of hydrogen-bond acceptors (Lipinski definition) is 4. The van der Waals surface area contributed by atoms with E-state index in [4.69, 9.17) is 4.74 Å². The number of likely N-dealkylation sites (tertiary alicyclic amines) is 1. The molecule has 1 N–H and O–H groups in total. The first kappa shape index (κ1) is 20.5. The Kier molecular flexibility index (Phi) is 5.29. The maximum atomic E-state index is 13.5. The highest BCUT2D eigenvalue weighted by atomic mass is 16.5. The van der Waals surface area contributed by atoms with E-state index in [9.17, 15) is 14.4 Å². The molecule has 4 aliphatic rings. The molecule has 0 radical (unpaired) electrons. The lowest BCUT2D eigenvalue weighted by Crippen LogP contribution is -2.38. The van der Waals surface area contributed by atoms with Gasteiger partial charge < -0.3 is 10.1 Å². The lowest BCUT2D eigenvalue weighted by atomic mass is 9.63. The van der Waals surface area contributed by atoms with E-state index >= 15 is 0 Å². The van der Waals surface area contributed by atoms with Gasteiger partial charge in [0.2, 0.25) is 17.7 Å². The van der Waals surface area contributed by atoms with Gasteiger partial charge in [-0.05, 0) is 54.5 Å². The molecule has 2 bridgehead atoms. The van der Waals surface area contributed by atoms with Crippen molar-refractivity contribution in [2.75, 3.05) is 12.4 Å². The SMILES string of the molecule is COc1ccc(NC(=O)C[C@H](c2ccccc2)N2C(=O)[C@@H]3[C@@H](C2=O)[C@H]2C=C[C@H]3CC2)cc1. The number of methoxy groups -OCH3 is 1. The van der Waals surface area contributed by atoms with Crippen molar-refractivity contribution in [1.29, 1.82) is 0 Å². The molecular formula is C26H26N2O4. The van der Waals surface area contributed by atoms with Crippen LogP contribution >= 0.6 is 0 Å². The summed E-state index contributed by atoms with van der Waals surface area (Å²) in [5, 5.41) is 2.88. The summed E-state index contributed by atoms with van der Waals surface area (Å²) in [7, 11) is 1.58. The molecule has 1 aliphatic heterocycles. The number of amides is 3. The van der Waals surface area contributed by atoms with Gasteiger partial charge in [-0.2, -0.15) is 0 Å². The molecule has 2 aromatic carbocycles. The number of nitrogens with zero attached hydrogens (tertiary/aromatic N) is 1. The maximum absolute atomic E-state index is 13.5. The van der Waals surface area contributed by atoms with E-state index in [0.29, 0.717) is 11.4 Å². The third-order valence-corrected chi connectivity index (χ3v) is 7.04. The van der Waals surface area contributed by atoms with Gasteiger partial charge in [-0.1, -0.05) is 42.5 Å². The van der Waals surface area contributed by atoms with E-state index in [2.05, 4.69) is 17.5 Å². The number of anilines is 1. The summed E-state index contributed by atoms with van der Waals surface area (Å²) in [6.07, 6.45) is 6.12. The van der Waals surface area contributed by atoms with Crippen LogP contribution in [0.3, 0.4) is 0 Å². The standard InChI is InChI=1S/C26H26N2O4/c1-32-20-13-11-19(12-14-20)27-22(29)15-21(16-5-3-2-4-6-16)28-25(30)23-17-7-8-18(10-9-17)24(23)26(28)31/h2-8,11-14,17-18,21,23-24H,9-10,15H2,1H3,(H,27,29)/t17-,18-,21+,23-,24-/m0/s1. The van der Waals surface area contributed by atoms with E-state index in [-0.39, 0.29) is 47.8 Å². The Hall–Kier alpha value is -3.41. The fourth-order valence-electron chi connectivity index (χ4n) is 5.50. The van der Waals surface area contributed by atoms with Crippen molar-refractivity contribution in [3.8, 4) is 5.75 Å². The second kappa shape index (κ2) is 8.26. The molecule has 1 saturated carbocycles. The van der Waals surface area contributed by atoms with Crippen LogP contribution < -0.4 is 10.1 Å². The third-order valence-electron chi connectivity index (χ3n) is 7.04. The molecule has 0 spiro atoms. The van der Waals surface area contributed by atoms with Gasteiger partial charge in [0.15, 0.2) is 0 Å². The van der Waals surface area contributed by atoms with Crippen molar-refractivity contribution in [2.24, 2.45) is 23.7 Å². The minimum atomic E-state index is -0.626. The highest BCUT2D eigenvalue weighted by Crippen LogP contribution is 2.51. The van der Waals surface area contributed by atoms with E-state index in [1.807, 2.05) is 30.3 Å². The topological polar surface area (TPSA) is 75.7 Å². The largest absolute Gasteiger partial charge is 0.497 e. The molecule has 6 nitrogen and oxygen atoms in total. The maximum Gasteiger partial charge on any atom is 0.234 e. The van der Waals surface area contributed by atoms with Crippen LogP contribution in [0, 0.1) is 23.7 Å². The fraction of sp³-hybridized carbons (Fsp3) is 0.346. The minimum Gasteiger partial charge on any atom is -0.497 e. The number of imide groups is 1. The van der Waals surface area contributed by atoms with Crippen molar-refractivity contribution in [1.82, 2.24) is 4.90 Å². The molecule has 3 aliphatic carbocycles. The van der Waals surface area contributed by atoms with E-state index in [1.54, 1.807) is 31.4 Å². The van der Waals surface area contributed by atoms with Crippen LogP contribution in [0.1, 0.15) is 30.9 Å². The summed E-state index contributed by atoms with van der Waals surface area (Å²) in [4.78, 5) is 41.3. The number of allylic oxidation sites excluding steroid dienone is 2. The Labute approximate surface area is 187 Å². The summed E-state index contributed by atoms with van der Waals surface area (Å²) in [5.74, 6) is -0.156. The number of carbonyl (C=O) groups is 3. The summed E-state index contributed by atoms with van der Waals surface area (Å²) >= 11 is 0. The first-order valence-corrected chi connectivity index (χ1v) is 11.1. The monoisotopic (exact) mass is 430 g/mol. The highest BCUT2D eigenvalue weighted by Gasteiger charge is 2.58. The lowest BCUT2D eigenvalue weighted by molar-refractivity contribution is -0.143. The third kappa shape index (κ3) is 3.49. The molecule has 2 aromatic rings. The van der Waals surface area contributed by atoms with Crippen molar-refractivity contribution in [3.05, 3.63) is 72.3 Å². The molecule has 5 atom stereocenters. The molecule has 0 aromatic heterocycles. The second-order valence-corrected chi connectivity index (χ2v) is 8.80. The van der Waals surface area contributed by atoms with Crippen LogP contribution in [0.2, 0.25) is 0 Å². The Balaban J connectivity index is 1.41. The van der Waals surface area contributed by atoms with Gasteiger partial charge in [0.25, 0.3) is 0 Å². The Morgan fingerprint density at radius 3 is 2.09 bits per heavy atom. The lowest BCUT2D eigenvalue weighted by Gasteiger charge is -2.38. The Bertz CT molecular complexity index is 1030. The molecule has 32 heavy (non-hydrogen) atoms. The van der Waals surface area contributed by atoms with Gasteiger partial charge in [0.1, 0.15) is 5.75 Å². The number of fused-ring (bicyclic) bond motifs is 1. The van der Waals surface area contributed by atoms with Crippen LogP contribution in [0.5, 0.6) is 5.75 Å². The smallest absolute Gasteiger partial charge is 0.234 e. The highest BCUT2D eigenvalue weighted by molar-refractivity contribution is 6.07. The summed E-state index contributed by atoms with van der Waals surface area (Å²) in [5.41, 5.74) is 1.43. The minimum absolute atomic E-state index is 0.00965. The molecule has 164 valence electrons. The summed E-state index contributed by atoms with van der Waals surface area (Å²) in [6.45, 7) is 0. The predicted molar refractivity (Wildman–Crippen MR) is 120 cm³/mol. The van der Waals surface area contributed by atoms with Gasteiger partial charge in [-0.15, -0.1) is 0 Å². The number of hydrogen-bond donors (Lipinski definition) is 1. The summed E-state index contributed by atoms with van der Waals surface area (Å²) < 4.78 is 5.16. The molecule has 2 fully saturated rings. The van der Waals surface area contributed by atoms with Crippen LogP contribution in [-0.2, 0) is 14.4 Å². The average molecular weight is 431 g/mol. The zero-order valence-corrected chi connectivity index (χ0v) is 17.9. The Morgan fingerprint density at radius 2 is 1.56 bits per heavy atom. The van der Waals surface area contributed by atoms with Gasteiger partial charge in [0.05, 0.1) is 31.4 Å². The van der Waals surface area contributed by atoms with E-state index in [0.717, 1.165) is 18.4 Å². The van der Waals surface area contributed by atoms with Gasteiger partial charge in [-0.3, -0.25) is 19.3 Å². The number of rotatable bonds is 6. The number of carbonyl (C=O) groups excluding carboxylic acids is 3. The van der Waals surface area contributed by atoms with Crippen molar-refractivity contribution >= 4 is 23.4 Å². The fourth-order valence-corrected chi connectivity index (χ4v) is 5.50. The average Bonchev–Trinajstić information content (AvgIpc) is 3.11. The zero-order valence-electron chi connectivity index (χ0n) is 17.9. The van der Waals surface area contributed by atoms with E-state index in [1.165, 1.54) is 4.90 Å². The van der Waals surface area contributed by atoms with Crippen molar-refractivity contribution < 1.29 is 19.1 Å². The normalized spacial score (nSPS) is 26.7. The number of ether oxygens (including phenoxy) is 1. The van der Waals surface area contributed by atoms with Crippen molar-refractivity contribution in [2.45, 2.75) is 25.3 Å². The van der Waals surface area contributed by atoms with Gasteiger partial charge in [0, 0.05) is 5.69 Å². The molecule has 1 saturated heterocycles. The number of benzene rings is 2. The predicted octanol–water partition coefficient (Wildman–Crippen LogP) is 3.96. The second-order valence-electron chi connectivity index (χ2n) is 8.80. The van der Waals surface area contributed by atoms with Gasteiger partial charge in [-0.25, -0.2) is 0 Å². The van der Waals surface area contributed by atoms with Crippen LogP contribution in [0.4, 0.5) is 5.69 Å². The van der Waals surface area contributed by atoms with Crippen LogP contribution in [-0.4, -0.2) is 29.7 Å². The zero-order chi connectivity index (χ0) is 22.2. The van der Waals surface area contributed by atoms with Crippen molar-refractivity contribution in [3.63, 3.8) is 0 Å².